The second kappa shape index (κ2) is 8.63. The molecule has 2 aliphatic heterocycles. The molecule has 9 nitrogen and oxygen atoms in total. The summed E-state index contributed by atoms with van der Waals surface area (Å²) in [7, 11) is 4.03. The molecule has 4 heterocycles. The first-order valence-electron chi connectivity index (χ1n) is 11.5. The van der Waals surface area contributed by atoms with Gasteiger partial charge in [-0.15, -0.1) is 0 Å². The number of aryl methyl sites for hydroxylation is 1. The van der Waals surface area contributed by atoms with Crippen LogP contribution in [-0.2, 0) is 20.0 Å². The molecule has 0 fully saturated rings. The summed E-state index contributed by atoms with van der Waals surface area (Å²) < 4.78 is 1.86. The number of benzene rings is 1. The van der Waals surface area contributed by atoms with Gasteiger partial charge in [0.05, 0.1) is 42.1 Å². The summed E-state index contributed by atoms with van der Waals surface area (Å²) in [5.74, 6) is 1.21. The minimum absolute atomic E-state index is 0.468. The predicted molar refractivity (Wildman–Crippen MR) is 136 cm³/mol. The molecule has 5 rings (SSSR count). The van der Waals surface area contributed by atoms with Gasteiger partial charge in [-0.05, 0) is 50.5 Å². The number of nitrogens with one attached hydrogen (secondary N) is 1. The first-order valence-corrected chi connectivity index (χ1v) is 11.9. The molecule has 1 aromatic carbocycles. The Morgan fingerprint density at radius 1 is 1.21 bits per heavy atom. The van der Waals surface area contributed by atoms with E-state index in [4.69, 9.17) is 16.6 Å². The molecule has 0 spiro atoms. The maximum absolute atomic E-state index is 10.2. The van der Waals surface area contributed by atoms with Gasteiger partial charge in [0.25, 0.3) is 0 Å². The summed E-state index contributed by atoms with van der Waals surface area (Å²) >= 11 is 6.47. The second-order valence-electron chi connectivity index (χ2n) is 9.81. The lowest BCUT2D eigenvalue weighted by atomic mass is 10.1. The Morgan fingerprint density at radius 3 is 2.82 bits per heavy atom. The molecule has 0 atom stereocenters. The zero-order chi connectivity index (χ0) is 24.0. The van der Waals surface area contributed by atoms with Gasteiger partial charge in [-0.2, -0.15) is 10.1 Å². The summed E-state index contributed by atoms with van der Waals surface area (Å²) in [5, 5.41) is 18.6. The summed E-state index contributed by atoms with van der Waals surface area (Å²) in [6.45, 7) is 6.76. The predicted octanol–water partition coefficient (Wildman–Crippen LogP) is 3.54. The van der Waals surface area contributed by atoms with Gasteiger partial charge in [0.15, 0.2) is 5.82 Å². The van der Waals surface area contributed by atoms with E-state index in [9.17, 15) is 5.11 Å². The Hall–Kier alpha value is -3.04. The monoisotopic (exact) mass is 482 g/mol. The van der Waals surface area contributed by atoms with Gasteiger partial charge in [-0.3, -0.25) is 4.68 Å². The number of aromatic nitrogens is 4. The van der Waals surface area contributed by atoms with Crippen LogP contribution in [-0.4, -0.2) is 57.3 Å². The molecule has 2 N–H and O–H groups in total. The Labute approximate surface area is 205 Å². The molecular weight excluding hydrogens is 452 g/mol. The van der Waals surface area contributed by atoms with E-state index in [0.717, 1.165) is 48.9 Å². The van der Waals surface area contributed by atoms with E-state index in [1.165, 1.54) is 5.56 Å². The van der Waals surface area contributed by atoms with Gasteiger partial charge in [0, 0.05) is 39.1 Å². The number of halogens is 1. The average Bonchev–Trinajstić information content (AvgIpc) is 3.31. The second-order valence-corrected chi connectivity index (χ2v) is 10.2. The Bertz CT molecular complexity index is 1200. The molecule has 0 amide bonds. The Morgan fingerprint density at radius 2 is 2.03 bits per heavy atom. The molecule has 0 aliphatic carbocycles. The van der Waals surface area contributed by atoms with E-state index < -0.39 is 5.60 Å². The van der Waals surface area contributed by atoms with Gasteiger partial charge in [0.1, 0.15) is 5.02 Å². The minimum Gasteiger partial charge on any atom is -0.390 e. The third-order valence-corrected chi connectivity index (χ3v) is 6.64. The van der Waals surface area contributed by atoms with Crippen LogP contribution in [0, 0.1) is 0 Å². The molecule has 0 unspecified atom stereocenters. The third-order valence-electron chi connectivity index (χ3n) is 6.36. The zero-order valence-corrected chi connectivity index (χ0v) is 20.8. The standard InChI is InChI=1S/C24H31ClN8O/c1-24(2,34)8-10-33-15-30(3)20-6-5-17(11-21(20)33)27-22-18(25)12-26-23(28-22)32-9-7-16-13-31(4)29-19(16)14-32/h5-6,11-13,34H,7-10,14-15H2,1-4H3,(H,26,27,28). The lowest BCUT2D eigenvalue weighted by molar-refractivity contribution is 0.0732. The number of nitrogens with zero attached hydrogens (tertiary/aromatic N) is 7. The minimum atomic E-state index is -0.702. The largest absolute Gasteiger partial charge is 0.390 e. The number of rotatable bonds is 6. The molecule has 0 bridgehead atoms. The first-order chi connectivity index (χ1) is 16.2. The fraction of sp³-hybridized carbons (Fsp3) is 0.458. The number of fused-ring (bicyclic) bond motifs is 2. The summed E-state index contributed by atoms with van der Waals surface area (Å²) in [6.07, 6.45) is 5.33. The van der Waals surface area contributed by atoms with Crippen LogP contribution < -0.4 is 20.0 Å². The summed E-state index contributed by atoms with van der Waals surface area (Å²) in [6, 6.07) is 6.25. The third kappa shape index (κ3) is 4.63. The molecule has 0 saturated carbocycles. The van der Waals surface area contributed by atoms with Crippen LogP contribution >= 0.6 is 11.6 Å². The highest BCUT2D eigenvalue weighted by molar-refractivity contribution is 6.32. The highest BCUT2D eigenvalue weighted by atomic mass is 35.5. The Kier molecular flexibility index (Phi) is 5.77. The van der Waals surface area contributed by atoms with Gasteiger partial charge in [-0.25, -0.2) is 4.98 Å². The molecule has 2 aliphatic rings. The highest BCUT2D eigenvalue weighted by Crippen LogP contribution is 2.38. The Balaban J connectivity index is 1.36. The molecule has 3 aromatic rings. The van der Waals surface area contributed by atoms with Crippen molar-refractivity contribution in [3.05, 3.63) is 46.9 Å². The van der Waals surface area contributed by atoms with Crippen molar-refractivity contribution >= 4 is 40.4 Å². The maximum atomic E-state index is 10.2. The van der Waals surface area contributed by atoms with Crippen LogP contribution in [0.5, 0.6) is 0 Å². The van der Waals surface area contributed by atoms with E-state index in [1.54, 1.807) is 6.20 Å². The van der Waals surface area contributed by atoms with Gasteiger partial charge in [0.2, 0.25) is 5.95 Å². The summed E-state index contributed by atoms with van der Waals surface area (Å²) in [5.41, 5.74) is 4.83. The van der Waals surface area contributed by atoms with Gasteiger partial charge in [-0.1, -0.05) is 11.6 Å². The molecule has 2 aromatic heterocycles. The lowest BCUT2D eigenvalue weighted by Crippen LogP contribution is -2.33. The van der Waals surface area contributed by atoms with Crippen molar-refractivity contribution in [3.63, 3.8) is 0 Å². The lowest BCUT2D eigenvalue weighted by Gasteiger charge is -2.26. The number of anilines is 5. The smallest absolute Gasteiger partial charge is 0.227 e. The van der Waals surface area contributed by atoms with Gasteiger partial charge >= 0.3 is 0 Å². The maximum Gasteiger partial charge on any atom is 0.227 e. The molecule has 10 heteroatoms. The molecule has 180 valence electrons. The SMILES string of the molecule is CN1CN(CCC(C)(C)O)c2cc(Nc3nc(N4CCc5cn(C)nc5C4)ncc3Cl)ccc21. The van der Waals surface area contributed by atoms with Crippen molar-refractivity contribution < 1.29 is 5.11 Å². The van der Waals surface area contributed by atoms with Crippen molar-refractivity contribution in [2.75, 3.05) is 46.8 Å². The van der Waals surface area contributed by atoms with Crippen LogP contribution in [0.25, 0.3) is 0 Å². The fourth-order valence-electron chi connectivity index (χ4n) is 4.53. The van der Waals surface area contributed by atoms with Crippen molar-refractivity contribution in [1.82, 2.24) is 19.7 Å². The highest BCUT2D eigenvalue weighted by Gasteiger charge is 2.26. The van der Waals surface area contributed by atoms with E-state index >= 15 is 0 Å². The number of aliphatic hydroxyl groups is 1. The zero-order valence-electron chi connectivity index (χ0n) is 20.1. The molecular formula is C24H31ClN8O. The van der Waals surface area contributed by atoms with E-state index in [1.807, 2.05) is 31.6 Å². The van der Waals surface area contributed by atoms with Crippen molar-refractivity contribution in [2.45, 2.75) is 38.8 Å². The van der Waals surface area contributed by atoms with Gasteiger partial charge < -0.3 is 25.1 Å². The average molecular weight is 483 g/mol. The van der Waals surface area contributed by atoms with Crippen LogP contribution in [0.2, 0.25) is 5.02 Å². The normalized spacial score (nSPS) is 15.5. The van der Waals surface area contributed by atoms with E-state index in [0.29, 0.717) is 29.8 Å². The van der Waals surface area contributed by atoms with Crippen molar-refractivity contribution in [1.29, 1.82) is 0 Å². The fourth-order valence-corrected chi connectivity index (χ4v) is 4.67. The first kappa shape index (κ1) is 22.7. The number of hydrogen-bond donors (Lipinski definition) is 2. The molecule has 0 radical (unpaired) electrons. The van der Waals surface area contributed by atoms with Crippen LogP contribution in [0.3, 0.4) is 0 Å². The quantitative estimate of drug-likeness (QED) is 0.551. The summed E-state index contributed by atoms with van der Waals surface area (Å²) in [4.78, 5) is 15.9. The van der Waals surface area contributed by atoms with E-state index in [-0.39, 0.29) is 0 Å². The van der Waals surface area contributed by atoms with Crippen LogP contribution in [0.15, 0.2) is 30.6 Å². The topological polar surface area (TPSA) is 85.6 Å². The van der Waals surface area contributed by atoms with Crippen LogP contribution in [0.4, 0.5) is 28.8 Å². The van der Waals surface area contributed by atoms with E-state index in [2.05, 4.69) is 55.5 Å². The number of hydrogen-bond acceptors (Lipinski definition) is 8. The molecule has 34 heavy (non-hydrogen) atoms. The van der Waals surface area contributed by atoms with Crippen LogP contribution in [0.1, 0.15) is 31.5 Å². The van der Waals surface area contributed by atoms with Crippen molar-refractivity contribution in [3.8, 4) is 0 Å². The molecule has 0 saturated heterocycles. The van der Waals surface area contributed by atoms with Crippen molar-refractivity contribution in [2.24, 2.45) is 7.05 Å².